The molecule has 3 aliphatic carbocycles. The van der Waals surface area contributed by atoms with Gasteiger partial charge in [0.15, 0.2) is 0 Å². The first-order valence-electron chi connectivity index (χ1n) is 14.4. The topological polar surface area (TPSA) is 20.2 Å². The third-order valence-corrected chi connectivity index (χ3v) is 11.4. The highest BCUT2D eigenvalue weighted by molar-refractivity contribution is 7.99. The van der Waals surface area contributed by atoms with E-state index >= 15 is 0 Å². The van der Waals surface area contributed by atoms with Crippen molar-refractivity contribution in [3.63, 3.8) is 0 Å². The maximum Gasteiger partial charge on any atom is 0.0840 e. The Hall–Kier alpha value is -1.25. The molecule has 0 bridgehead atoms. The zero-order valence-electron chi connectivity index (χ0n) is 24.0. The lowest BCUT2D eigenvalue weighted by Gasteiger charge is -2.44. The van der Waals surface area contributed by atoms with E-state index in [1.54, 1.807) is 5.57 Å². The molecule has 1 aromatic carbocycles. The smallest absolute Gasteiger partial charge is 0.0840 e. The first kappa shape index (κ1) is 27.8. The van der Waals surface area contributed by atoms with Crippen molar-refractivity contribution < 1.29 is 5.11 Å². The third-order valence-electron chi connectivity index (χ3n) is 9.94. The van der Waals surface area contributed by atoms with Gasteiger partial charge in [-0.15, -0.1) is 11.8 Å². The molecule has 1 N–H and O–H groups in total. The van der Waals surface area contributed by atoms with Crippen molar-refractivity contribution in [2.75, 3.05) is 5.75 Å². The van der Waals surface area contributed by atoms with Crippen LogP contribution >= 0.6 is 11.8 Å². The molecule has 36 heavy (non-hydrogen) atoms. The van der Waals surface area contributed by atoms with Crippen LogP contribution < -0.4 is 0 Å². The van der Waals surface area contributed by atoms with E-state index in [-0.39, 0.29) is 0 Å². The van der Waals surface area contributed by atoms with Gasteiger partial charge in [-0.3, -0.25) is 0 Å². The van der Waals surface area contributed by atoms with Gasteiger partial charge in [-0.05, 0) is 129 Å². The quantitative estimate of drug-likeness (QED) is 0.387. The van der Waals surface area contributed by atoms with E-state index in [4.69, 9.17) is 0 Å². The lowest BCUT2D eigenvalue weighted by molar-refractivity contribution is 0.0785. The molecular formula is C34H50OS. The van der Waals surface area contributed by atoms with Crippen molar-refractivity contribution in [1.82, 2.24) is 0 Å². The molecule has 0 heterocycles. The van der Waals surface area contributed by atoms with Gasteiger partial charge in [-0.25, -0.2) is 0 Å². The molecular weight excluding hydrogens is 456 g/mol. The van der Waals surface area contributed by atoms with E-state index in [9.17, 15) is 5.11 Å². The molecule has 2 unspecified atom stereocenters. The summed E-state index contributed by atoms with van der Waals surface area (Å²) < 4.78 is 0. The lowest BCUT2D eigenvalue weighted by atomic mass is 9.61. The Labute approximate surface area is 225 Å². The van der Waals surface area contributed by atoms with Crippen molar-refractivity contribution in [3.8, 4) is 0 Å². The molecule has 4 rings (SSSR count). The zero-order valence-corrected chi connectivity index (χ0v) is 24.8. The van der Waals surface area contributed by atoms with E-state index in [1.807, 2.05) is 25.6 Å². The zero-order chi connectivity index (χ0) is 26.3. The van der Waals surface area contributed by atoms with Gasteiger partial charge >= 0.3 is 0 Å². The summed E-state index contributed by atoms with van der Waals surface area (Å²) in [5, 5.41) is 10.4. The molecule has 0 saturated heterocycles. The standard InChI is InChI=1S/C34H50OS/c1-22-18-23(2)26(5)28(19-22)12-11-27-10-9-17-34(8)30(14-15-31(27)34)25(4)21-36-32-16-13-29(20-24(32)3)33(6,7)35/h11-13,16,20,22-23,25,30-31,35H,5,9-10,14-15,17-19,21H2,1-4,6-8H3/b27-11+,28-12-/t22-,23-,25-,30?,31?,34+/m0/s1. The van der Waals surface area contributed by atoms with Crippen LogP contribution in [0.4, 0.5) is 0 Å². The molecule has 198 valence electrons. The molecule has 2 heteroatoms. The van der Waals surface area contributed by atoms with Crippen LogP contribution in [0.2, 0.25) is 0 Å². The lowest BCUT2D eigenvalue weighted by Crippen LogP contribution is -2.36. The van der Waals surface area contributed by atoms with Crippen molar-refractivity contribution in [2.24, 2.45) is 35.0 Å². The van der Waals surface area contributed by atoms with Crippen LogP contribution in [0.1, 0.15) is 97.6 Å². The first-order valence-corrected chi connectivity index (χ1v) is 15.4. The average Bonchev–Trinajstić information content (AvgIpc) is 3.16. The number of rotatable bonds is 6. The molecule has 0 radical (unpaired) electrons. The van der Waals surface area contributed by atoms with Crippen LogP contribution in [0, 0.1) is 41.9 Å². The predicted octanol–water partition coefficient (Wildman–Crippen LogP) is 9.64. The van der Waals surface area contributed by atoms with E-state index in [1.165, 1.54) is 72.3 Å². The number of aryl methyl sites for hydroxylation is 1. The Morgan fingerprint density at radius 2 is 1.97 bits per heavy atom. The highest BCUT2D eigenvalue weighted by Crippen LogP contribution is 2.59. The first-order chi connectivity index (χ1) is 16.9. The minimum absolute atomic E-state index is 0.437. The van der Waals surface area contributed by atoms with E-state index in [0.717, 1.165) is 23.3 Å². The Kier molecular flexibility index (Phi) is 8.37. The summed E-state index contributed by atoms with van der Waals surface area (Å²) >= 11 is 2.01. The van der Waals surface area contributed by atoms with Gasteiger partial charge in [0.2, 0.25) is 0 Å². The SMILES string of the molecule is C=C1/C(=C\C=C2/CCC[C@@]3(C)C2CCC3[C@@H](C)CSc2ccc(C(C)(C)O)cc2C)C[C@@H](C)C[C@@H]1C. The van der Waals surface area contributed by atoms with Crippen LogP contribution in [-0.4, -0.2) is 10.9 Å². The highest BCUT2D eigenvalue weighted by atomic mass is 32.2. The summed E-state index contributed by atoms with van der Waals surface area (Å²) in [6.07, 6.45) is 14.2. The van der Waals surface area contributed by atoms with Gasteiger partial charge in [0, 0.05) is 10.6 Å². The fourth-order valence-corrected chi connectivity index (χ4v) is 8.90. The number of allylic oxidation sites excluding steroid dienone is 5. The van der Waals surface area contributed by atoms with Crippen molar-refractivity contribution in [2.45, 2.75) is 104 Å². The second kappa shape index (κ2) is 10.9. The van der Waals surface area contributed by atoms with Crippen LogP contribution in [-0.2, 0) is 5.60 Å². The van der Waals surface area contributed by atoms with Gasteiger partial charge in [0.1, 0.15) is 0 Å². The number of aliphatic hydroxyl groups is 1. The maximum atomic E-state index is 10.4. The number of fused-ring (bicyclic) bond motifs is 1. The molecule has 1 nitrogen and oxygen atoms in total. The van der Waals surface area contributed by atoms with E-state index < -0.39 is 5.60 Å². The van der Waals surface area contributed by atoms with Crippen molar-refractivity contribution >= 4 is 11.8 Å². The van der Waals surface area contributed by atoms with E-state index in [2.05, 4.69) is 71.5 Å². The predicted molar refractivity (Wildman–Crippen MR) is 157 cm³/mol. The van der Waals surface area contributed by atoms with Crippen molar-refractivity contribution in [1.29, 1.82) is 0 Å². The Bertz CT molecular complexity index is 1020. The number of hydrogen-bond donors (Lipinski definition) is 1. The summed E-state index contributed by atoms with van der Waals surface area (Å²) in [6, 6.07) is 6.48. The second-order valence-corrected chi connectivity index (χ2v) is 14.4. The number of hydrogen-bond acceptors (Lipinski definition) is 2. The Balaban J connectivity index is 1.44. The molecule has 0 aromatic heterocycles. The van der Waals surface area contributed by atoms with Gasteiger partial charge in [-0.2, -0.15) is 0 Å². The van der Waals surface area contributed by atoms with E-state index in [0.29, 0.717) is 17.3 Å². The molecule has 3 saturated carbocycles. The maximum absolute atomic E-state index is 10.4. The van der Waals surface area contributed by atoms with Gasteiger partial charge in [-0.1, -0.05) is 64.1 Å². The molecule has 0 aliphatic heterocycles. The second-order valence-electron chi connectivity index (χ2n) is 13.3. The van der Waals surface area contributed by atoms with Crippen LogP contribution in [0.25, 0.3) is 0 Å². The molecule has 0 spiro atoms. The van der Waals surface area contributed by atoms with Gasteiger partial charge in [0.05, 0.1) is 5.60 Å². The summed E-state index contributed by atoms with van der Waals surface area (Å²) in [7, 11) is 0. The number of benzene rings is 1. The normalized spacial score (nSPS) is 34.3. The highest BCUT2D eigenvalue weighted by Gasteiger charge is 2.50. The summed E-state index contributed by atoms with van der Waals surface area (Å²) in [5.41, 5.74) is 6.54. The summed E-state index contributed by atoms with van der Waals surface area (Å²) in [6.45, 7) is 20.2. The molecule has 3 aliphatic rings. The summed E-state index contributed by atoms with van der Waals surface area (Å²) in [5.74, 6) is 4.83. The molecule has 6 atom stereocenters. The Morgan fingerprint density at radius 3 is 2.67 bits per heavy atom. The molecule has 3 fully saturated rings. The van der Waals surface area contributed by atoms with Crippen LogP contribution in [0.15, 0.2) is 58.5 Å². The molecule has 0 amide bonds. The fraction of sp³-hybridized carbons (Fsp3) is 0.647. The van der Waals surface area contributed by atoms with Gasteiger partial charge in [0.25, 0.3) is 0 Å². The largest absolute Gasteiger partial charge is 0.386 e. The van der Waals surface area contributed by atoms with Crippen LogP contribution in [0.5, 0.6) is 0 Å². The minimum Gasteiger partial charge on any atom is -0.386 e. The summed E-state index contributed by atoms with van der Waals surface area (Å²) in [4.78, 5) is 1.36. The molecule has 1 aromatic rings. The van der Waals surface area contributed by atoms with Crippen LogP contribution in [0.3, 0.4) is 0 Å². The monoisotopic (exact) mass is 506 g/mol. The third kappa shape index (κ3) is 5.75. The Morgan fingerprint density at radius 1 is 1.22 bits per heavy atom. The van der Waals surface area contributed by atoms with Crippen molar-refractivity contribution in [3.05, 3.63) is 64.8 Å². The number of thioether (sulfide) groups is 1. The fourth-order valence-electron chi connectivity index (χ4n) is 7.78. The average molecular weight is 507 g/mol. The minimum atomic E-state index is -0.780. The van der Waals surface area contributed by atoms with Gasteiger partial charge < -0.3 is 5.11 Å².